The van der Waals surface area contributed by atoms with Gasteiger partial charge in [-0.3, -0.25) is 9.89 Å². The molecular formula is C24H22F2N4O4S2. The fourth-order valence-electron chi connectivity index (χ4n) is 3.44. The van der Waals surface area contributed by atoms with Crippen molar-refractivity contribution in [3.8, 4) is 16.4 Å². The zero-order valence-electron chi connectivity index (χ0n) is 19.5. The third kappa shape index (κ3) is 5.50. The van der Waals surface area contributed by atoms with E-state index >= 15 is 0 Å². The van der Waals surface area contributed by atoms with Crippen molar-refractivity contribution in [2.24, 2.45) is 5.14 Å². The second-order valence-electron chi connectivity index (χ2n) is 8.87. The molecule has 4 aromatic rings. The number of carbonyl (C=O) groups excluding carboxylic acids is 1. The van der Waals surface area contributed by atoms with Crippen molar-refractivity contribution < 1.29 is 22.5 Å². The molecule has 2 heterocycles. The van der Waals surface area contributed by atoms with Crippen LogP contribution in [0.3, 0.4) is 0 Å². The van der Waals surface area contributed by atoms with Gasteiger partial charge in [0.2, 0.25) is 5.13 Å². The van der Waals surface area contributed by atoms with Crippen LogP contribution in [0.2, 0.25) is 0 Å². The molecular weight excluding hydrogens is 510 g/mol. The molecule has 0 aliphatic heterocycles. The van der Waals surface area contributed by atoms with E-state index in [4.69, 9.17) is 9.88 Å². The van der Waals surface area contributed by atoms with Crippen LogP contribution in [0.15, 0.2) is 57.5 Å². The van der Waals surface area contributed by atoms with Gasteiger partial charge in [-0.1, -0.05) is 12.1 Å². The third-order valence-corrected chi connectivity index (χ3v) is 6.54. The van der Waals surface area contributed by atoms with Crippen LogP contribution in [-0.2, 0) is 22.1 Å². The summed E-state index contributed by atoms with van der Waals surface area (Å²) in [5, 5.41) is 10.0. The van der Waals surface area contributed by atoms with Gasteiger partial charge in [-0.15, -0.1) is 11.3 Å². The van der Waals surface area contributed by atoms with Gasteiger partial charge >= 0.3 is 5.97 Å². The number of thiazole rings is 1. The summed E-state index contributed by atoms with van der Waals surface area (Å²) in [7, 11) is -1.72. The molecule has 1 atom stereocenters. The fraction of sp³-hybridized carbons (Fsp3) is 0.208. The van der Waals surface area contributed by atoms with Crippen molar-refractivity contribution in [1.82, 2.24) is 14.8 Å². The van der Waals surface area contributed by atoms with Crippen LogP contribution >= 0.6 is 11.3 Å². The van der Waals surface area contributed by atoms with Gasteiger partial charge in [0.05, 0.1) is 10.6 Å². The van der Waals surface area contributed by atoms with Gasteiger partial charge < -0.3 is 4.74 Å². The number of ether oxygens (including phenoxy) is 1. The fourth-order valence-corrected chi connectivity index (χ4v) is 4.67. The molecule has 0 aliphatic rings. The lowest BCUT2D eigenvalue weighted by Crippen LogP contribution is -2.24. The van der Waals surface area contributed by atoms with E-state index in [1.807, 2.05) is 0 Å². The monoisotopic (exact) mass is 532 g/mol. The Hall–Kier alpha value is -3.48. The van der Waals surface area contributed by atoms with E-state index in [2.05, 4.69) is 10.1 Å². The highest BCUT2D eigenvalue weighted by molar-refractivity contribution is 7.82. The summed E-state index contributed by atoms with van der Waals surface area (Å²) < 4.78 is 45.8. The van der Waals surface area contributed by atoms with Crippen LogP contribution in [0, 0.1) is 11.6 Å². The second kappa shape index (κ2) is 9.88. The van der Waals surface area contributed by atoms with Crippen molar-refractivity contribution in [2.75, 3.05) is 0 Å². The van der Waals surface area contributed by atoms with Crippen LogP contribution < -0.4 is 10.7 Å². The number of nitrogens with zero attached hydrogens (tertiary/aromatic N) is 2. The molecule has 188 valence electrons. The number of nitrogens with two attached hydrogens (primary N) is 1. The lowest BCUT2D eigenvalue weighted by Gasteiger charge is -2.18. The summed E-state index contributed by atoms with van der Waals surface area (Å²) in [5.41, 5.74) is 0.148. The quantitative estimate of drug-likeness (QED) is 0.363. The number of aromatic amines is 1. The highest BCUT2D eigenvalue weighted by Crippen LogP contribution is 2.26. The molecule has 36 heavy (non-hydrogen) atoms. The maximum atomic E-state index is 14.0. The van der Waals surface area contributed by atoms with Gasteiger partial charge in [0.1, 0.15) is 16.6 Å². The number of benzene rings is 2. The van der Waals surface area contributed by atoms with Gasteiger partial charge in [0.15, 0.2) is 17.3 Å². The molecule has 12 heteroatoms. The number of aromatic nitrogens is 3. The van der Waals surface area contributed by atoms with Gasteiger partial charge in [0, 0.05) is 22.9 Å². The number of hydrogen-bond acceptors (Lipinski definition) is 6. The number of esters is 1. The largest absolute Gasteiger partial charge is 0.455 e. The highest BCUT2D eigenvalue weighted by Gasteiger charge is 2.23. The number of nitrogens with one attached hydrogen (secondary N) is 1. The summed E-state index contributed by atoms with van der Waals surface area (Å²) >= 11 is 1.04. The third-order valence-electron chi connectivity index (χ3n) is 5.00. The summed E-state index contributed by atoms with van der Waals surface area (Å²) in [4.78, 5) is 30.5. The Balaban J connectivity index is 1.81. The average molecular weight is 533 g/mol. The molecule has 0 bridgehead atoms. The summed E-state index contributed by atoms with van der Waals surface area (Å²) in [6.45, 7) is 5.18. The lowest BCUT2D eigenvalue weighted by molar-refractivity contribution is 0.00636. The molecule has 0 amide bonds. The molecule has 0 saturated heterocycles. The van der Waals surface area contributed by atoms with Gasteiger partial charge in [-0.05, 0) is 56.7 Å². The highest BCUT2D eigenvalue weighted by atomic mass is 32.2. The molecule has 0 saturated carbocycles. The smallest absolute Gasteiger partial charge is 0.358 e. The summed E-state index contributed by atoms with van der Waals surface area (Å²) in [6.07, 6.45) is 0.0754. The van der Waals surface area contributed by atoms with Crippen LogP contribution in [0.4, 0.5) is 8.78 Å². The van der Waals surface area contributed by atoms with Crippen LogP contribution in [0.25, 0.3) is 16.4 Å². The van der Waals surface area contributed by atoms with E-state index < -0.39 is 39.7 Å². The number of halogens is 2. The Morgan fingerprint density at radius 1 is 1.19 bits per heavy atom. The minimum atomic E-state index is -1.72. The average Bonchev–Trinajstić information content (AvgIpc) is 3.40. The maximum absolute atomic E-state index is 14.0. The van der Waals surface area contributed by atoms with E-state index in [1.54, 1.807) is 45.0 Å². The van der Waals surface area contributed by atoms with Gasteiger partial charge in [-0.25, -0.2) is 27.9 Å². The molecule has 2 aromatic carbocycles. The Labute approximate surface area is 211 Å². The van der Waals surface area contributed by atoms with E-state index in [-0.39, 0.29) is 34.1 Å². The SMILES string of the molecule is CC(C)(C)OC(=O)c1csc(-n2[nH]c(-c3ccc(F)c(F)c3)c(Cc3cccc(S(N)=O)c3)c2=O)n1. The number of rotatable bonds is 6. The Morgan fingerprint density at radius 3 is 2.61 bits per heavy atom. The maximum Gasteiger partial charge on any atom is 0.358 e. The molecule has 2 aromatic heterocycles. The minimum Gasteiger partial charge on any atom is -0.455 e. The zero-order chi connectivity index (χ0) is 26.2. The molecule has 1 unspecified atom stereocenters. The normalized spacial score (nSPS) is 12.5. The van der Waals surface area contributed by atoms with Crippen LogP contribution in [0.5, 0.6) is 0 Å². The molecule has 0 fully saturated rings. The second-order valence-corrected chi connectivity index (χ2v) is 10.8. The first kappa shape index (κ1) is 25.6. The van der Waals surface area contributed by atoms with Gasteiger partial charge in [-0.2, -0.15) is 4.68 Å². The predicted molar refractivity (Wildman–Crippen MR) is 132 cm³/mol. The van der Waals surface area contributed by atoms with Crippen molar-refractivity contribution >= 4 is 28.3 Å². The van der Waals surface area contributed by atoms with E-state index in [0.29, 0.717) is 10.5 Å². The van der Waals surface area contributed by atoms with Crippen molar-refractivity contribution in [1.29, 1.82) is 0 Å². The number of H-pyrrole nitrogens is 1. The molecule has 0 aliphatic carbocycles. The molecule has 4 rings (SSSR count). The van der Waals surface area contributed by atoms with Crippen LogP contribution in [-0.4, -0.2) is 30.5 Å². The minimum absolute atomic E-state index is 0.0282. The lowest BCUT2D eigenvalue weighted by atomic mass is 10.0. The van der Waals surface area contributed by atoms with Crippen molar-refractivity contribution in [3.05, 3.63) is 86.7 Å². The van der Waals surface area contributed by atoms with Crippen molar-refractivity contribution in [2.45, 2.75) is 37.7 Å². The Morgan fingerprint density at radius 2 is 1.94 bits per heavy atom. The topological polar surface area (TPSA) is 120 Å². The first-order valence-electron chi connectivity index (χ1n) is 10.7. The first-order chi connectivity index (χ1) is 16.9. The summed E-state index contributed by atoms with van der Waals surface area (Å²) in [5.74, 6) is -2.74. The van der Waals surface area contributed by atoms with E-state index in [0.717, 1.165) is 28.2 Å². The van der Waals surface area contributed by atoms with Gasteiger partial charge in [0.25, 0.3) is 5.56 Å². The molecule has 0 spiro atoms. The molecule has 3 N–H and O–H groups in total. The molecule has 0 radical (unpaired) electrons. The first-order valence-corrected chi connectivity index (χ1v) is 12.8. The van der Waals surface area contributed by atoms with Crippen molar-refractivity contribution in [3.63, 3.8) is 0 Å². The van der Waals surface area contributed by atoms with E-state index in [1.165, 1.54) is 11.4 Å². The molecule has 8 nitrogen and oxygen atoms in total. The Kier molecular flexibility index (Phi) is 7.03. The number of carbonyl (C=O) groups is 1. The Bertz CT molecular complexity index is 1540. The summed E-state index contributed by atoms with van der Waals surface area (Å²) in [6, 6.07) is 9.87. The van der Waals surface area contributed by atoms with E-state index in [9.17, 15) is 22.6 Å². The zero-order valence-corrected chi connectivity index (χ0v) is 21.1. The van der Waals surface area contributed by atoms with Crippen LogP contribution in [0.1, 0.15) is 42.4 Å². The standard InChI is InChI=1S/C24H22F2N4O4S2/c1-24(2,3)34-22(32)19-12-35-23(28-19)30-21(31)16(10-13-5-4-6-15(9-13)36(27)33)20(29-30)14-7-8-17(25)18(26)11-14/h4-9,11-12,29H,10,27H2,1-3H3. The predicted octanol–water partition coefficient (Wildman–Crippen LogP) is 4.09. The number of hydrogen-bond donors (Lipinski definition) is 2.